The monoisotopic (exact) mass is 437 g/mol. The molecular weight excluding hydrogens is 416 g/mol. The first kappa shape index (κ1) is 21.4. The molecule has 2 amide bonds. The number of rotatable bonds is 4. The van der Waals surface area contributed by atoms with Crippen LogP contribution < -0.4 is 11.1 Å². The molecule has 3 N–H and O–H groups in total. The maximum atomic E-state index is 13.9. The van der Waals surface area contributed by atoms with E-state index in [-0.39, 0.29) is 23.9 Å². The molecule has 0 atom stereocenters. The van der Waals surface area contributed by atoms with Gasteiger partial charge in [-0.05, 0) is 49.9 Å². The lowest BCUT2D eigenvalue weighted by Crippen LogP contribution is -2.51. The van der Waals surface area contributed by atoms with E-state index in [2.05, 4.69) is 5.32 Å². The Morgan fingerprint density at radius 2 is 1.78 bits per heavy atom. The second kappa shape index (κ2) is 8.38. The van der Waals surface area contributed by atoms with Crippen molar-refractivity contribution in [1.82, 2.24) is 4.90 Å². The minimum atomic E-state index is -1.07. The maximum absolute atomic E-state index is 13.9. The van der Waals surface area contributed by atoms with E-state index in [4.69, 9.17) is 16.0 Å². The summed E-state index contributed by atoms with van der Waals surface area (Å²) in [6.07, 6.45) is 4.02. The Morgan fingerprint density at radius 3 is 2.38 bits per heavy atom. The van der Waals surface area contributed by atoms with Crippen LogP contribution in [0, 0.1) is 23.0 Å². The molecule has 1 saturated carbocycles. The van der Waals surface area contributed by atoms with Crippen LogP contribution in [0.2, 0.25) is 0 Å². The molecule has 0 unspecified atom stereocenters. The molecule has 2 aliphatic rings. The molecule has 0 bridgehead atoms. The number of anilines is 2. The van der Waals surface area contributed by atoms with Gasteiger partial charge in [0.1, 0.15) is 41.2 Å². The van der Waals surface area contributed by atoms with Crippen LogP contribution in [0.15, 0.2) is 41.4 Å². The Hall–Kier alpha value is -3.80. The molecule has 4 rings (SSSR count). The predicted octanol–water partition coefficient (Wildman–Crippen LogP) is 3.35. The standard InChI is InChI=1S/C23H21F2N5O2/c24-18-10-16(11-19(25)17(18)12-26)28-20(31)13-30-22(32)21(14-4-6-15(27)7-5-14)29-23(30)8-2-1-3-9-23/h4-7,10-11H,1-3,8-9,13,27H2,(H,28,31). The number of nitrogens with zero attached hydrogens (tertiary/aromatic N) is 3. The Balaban J connectivity index is 1.58. The molecule has 1 heterocycles. The van der Waals surface area contributed by atoms with Gasteiger partial charge in [-0.2, -0.15) is 5.26 Å². The van der Waals surface area contributed by atoms with Crippen LogP contribution in [0.3, 0.4) is 0 Å². The summed E-state index contributed by atoms with van der Waals surface area (Å²) in [6.45, 7) is -0.315. The maximum Gasteiger partial charge on any atom is 0.275 e. The number of amides is 2. The van der Waals surface area contributed by atoms with Crippen LogP contribution in [0.25, 0.3) is 0 Å². The van der Waals surface area contributed by atoms with Crippen LogP contribution in [-0.4, -0.2) is 34.6 Å². The molecular formula is C23H21F2N5O2. The summed E-state index contributed by atoms with van der Waals surface area (Å²) >= 11 is 0. The smallest absolute Gasteiger partial charge is 0.275 e. The Morgan fingerprint density at radius 1 is 1.16 bits per heavy atom. The Labute approximate surface area is 183 Å². The third kappa shape index (κ3) is 3.91. The molecule has 1 fully saturated rings. The summed E-state index contributed by atoms with van der Waals surface area (Å²) in [7, 11) is 0. The highest BCUT2D eigenvalue weighted by molar-refractivity contribution is 6.47. The van der Waals surface area contributed by atoms with Gasteiger partial charge in [-0.1, -0.05) is 18.6 Å². The number of nitrogen functional groups attached to an aromatic ring is 1. The van der Waals surface area contributed by atoms with Crippen LogP contribution in [0.1, 0.15) is 43.2 Å². The average Bonchev–Trinajstić information content (AvgIpc) is 3.00. The zero-order valence-corrected chi connectivity index (χ0v) is 17.2. The van der Waals surface area contributed by atoms with Gasteiger partial charge in [-0.3, -0.25) is 14.6 Å². The van der Waals surface area contributed by atoms with E-state index in [9.17, 15) is 18.4 Å². The van der Waals surface area contributed by atoms with Crippen molar-refractivity contribution in [2.75, 3.05) is 17.6 Å². The lowest BCUT2D eigenvalue weighted by Gasteiger charge is -2.38. The number of carbonyl (C=O) groups is 2. The highest BCUT2D eigenvalue weighted by atomic mass is 19.1. The SMILES string of the molecule is N#Cc1c(F)cc(NC(=O)CN2C(=O)C(c3ccc(N)cc3)=NC23CCCCC3)cc1F. The molecule has 164 valence electrons. The summed E-state index contributed by atoms with van der Waals surface area (Å²) in [5.41, 5.74) is 5.53. The van der Waals surface area contributed by atoms with Gasteiger partial charge in [0.05, 0.1) is 0 Å². The molecule has 2 aromatic rings. The number of nitriles is 1. The molecule has 1 aliphatic heterocycles. The van der Waals surface area contributed by atoms with Crippen molar-refractivity contribution < 1.29 is 18.4 Å². The number of nitrogens with one attached hydrogen (secondary N) is 1. The third-order valence-electron chi connectivity index (χ3n) is 5.85. The molecule has 0 aromatic heterocycles. The van der Waals surface area contributed by atoms with Crippen LogP contribution in [-0.2, 0) is 9.59 Å². The van der Waals surface area contributed by atoms with Crippen LogP contribution >= 0.6 is 0 Å². The number of benzene rings is 2. The van der Waals surface area contributed by atoms with Gasteiger partial charge in [0.25, 0.3) is 5.91 Å². The van der Waals surface area contributed by atoms with E-state index in [1.54, 1.807) is 24.3 Å². The third-order valence-corrected chi connectivity index (χ3v) is 5.85. The van der Waals surface area contributed by atoms with Gasteiger partial charge >= 0.3 is 0 Å². The van der Waals surface area contributed by atoms with E-state index >= 15 is 0 Å². The number of carbonyl (C=O) groups excluding carboxylic acids is 2. The lowest BCUT2D eigenvalue weighted by atomic mass is 9.88. The number of hydrogen-bond acceptors (Lipinski definition) is 5. The fourth-order valence-electron chi connectivity index (χ4n) is 4.28. The molecule has 2 aromatic carbocycles. The van der Waals surface area contributed by atoms with Gasteiger partial charge in [0.2, 0.25) is 5.91 Å². The van der Waals surface area contributed by atoms with E-state index in [1.807, 2.05) is 0 Å². The van der Waals surface area contributed by atoms with E-state index in [1.165, 1.54) is 11.0 Å². The van der Waals surface area contributed by atoms with Crippen molar-refractivity contribution in [3.8, 4) is 6.07 Å². The highest BCUT2D eigenvalue weighted by Crippen LogP contribution is 2.39. The molecule has 9 heteroatoms. The molecule has 1 spiro atoms. The second-order valence-electron chi connectivity index (χ2n) is 7.99. The van der Waals surface area contributed by atoms with Crippen molar-refractivity contribution in [2.45, 2.75) is 37.8 Å². The minimum Gasteiger partial charge on any atom is -0.399 e. The summed E-state index contributed by atoms with van der Waals surface area (Å²) in [5.74, 6) is -3.12. The van der Waals surface area contributed by atoms with Crippen molar-refractivity contribution in [2.24, 2.45) is 4.99 Å². The van der Waals surface area contributed by atoms with Crippen molar-refractivity contribution in [1.29, 1.82) is 5.26 Å². The quantitative estimate of drug-likeness (QED) is 0.715. The number of hydrogen-bond donors (Lipinski definition) is 2. The van der Waals surface area contributed by atoms with Gasteiger partial charge < -0.3 is 16.0 Å². The number of aliphatic imine (C=N–C) groups is 1. The van der Waals surface area contributed by atoms with Crippen molar-refractivity contribution in [3.63, 3.8) is 0 Å². The normalized spacial score (nSPS) is 17.2. The zero-order valence-electron chi connectivity index (χ0n) is 17.2. The molecule has 0 saturated heterocycles. The van der Waals surface area contributed by atoms with Crippen molar-refractivity contribution in [3.05, 3.63) is 59.2 Å². The van der Waals surface area contributed by atoms with Gasteiger partial charge in [-0.15, -0.1) is 0 Å². The molecule has 0 radical (unpaired) electrons. The van der Waals surface area contributed by atoms with E-state index in [0.29, 0.717) is 24.1 Å². The molecule has 7 nitrogen and oxygen atoms in total. The highest BCUT2D eigenvalue weighted by Gasteiger charge is 2.48. The second-order valence-corrected chi connectivity index (χ2v) is 7.99. The first-order chi connectivity index (χ1) is 15.3. The van der Waals surface area contributed by atoms with E-state index < -0.39 is 28.8 Å². The number of nitrogens with two attached hydrogens (primary N) is 1. The molecule has 1 aliphatic carbocycles. The van der Waals surface area contributed by atoms with Gasteiger partial charge in [-0.25, -0.2) is 8.78 Å². The lowest BCUT2D eigenvalue weighted by molar-refractivity contribution is -0.134. The van der Waals surface area contributed by atoms with Gasteiger partial charge in [0, 0.05) is 16.9 Å². The predicted molar refractivity (Wildman–Crippen MR) is 115 cm³/mol. The fraction of sp³-hybridized carbons (Fsp3) is 0.304. The topological polar surface area (TPSA) is 112 Å². The minimum absolute atomic E-state index is 0.131. The van der Waals surface area contributed by atoms with Crippen LogP contribution in [0.4, 0.5) is 20.2 Å². The van der Waals surface area contributed by atoms with E-state index in [0.717, 1.165) is 31.4 Å². The summed E-state index contributed by atoms with van der Waals surface area (Å²) in [5, 5.41) is 11.2. The average molecular weight is 437 g/mol. The summed E-state index contributed by atoms with van der Waals surface area (Å²) in [4.78, 5) is 32.2. The first-order valence-electron chi connectivity index (χ1n) is 10.3. The Bertz CT molecular complexity index is 1120. The van der Waals surface area contributed by atoms with Crippen LogP contribution in [0.5, 0.6) is 0 Å². The summed E-state index contributed by atoms with van der Waals surface area (Å²) in [6, 6.07) is 9.98. The number of halogens is 2. The van der Waals surface area contributed by atoms with Gasteiger partial charge in [0.15, 0.2) is 0 Å². The fourth-order valence-corrected chi connectivity index (χ4v) is 4.28. The first-order valence-corrected chi connectivity index (χ1v) is 10.3. The summed E-state index contributed by atoms with van der Waals surface area (Å²) < 4.78 is 27.8. The molecule has 32 heavy (non-hydrogen) atoms. The zero-order chi connectivity index (χ0) is 22.9. The Kier molecular flexibility index (Phi) is 5.61. The van der Waals surface area contributed by atoms with Crippen molar-refractivity contribution >= 4 is 28.9 Å². The largest absolute Gasteiger partial charge is 0.399 e.